The second kappa shape index (κ2) is 7.24. The van der Waals surface area contributed by atoms with Gasteiger partial charge >= 0.3 is 5.97 Å². The Labute approximate surface area is 130 Å². The van der Waals surface area contributed by atoms with E-state index in [9.17, 15) is 14.7 Å². The van der Waals surface area contributed by atoms with Gasteiger partial charge in [0.2, 0.25) is 11.2 Å². The van der Waals surface area contributed by atoms with Crippen LogP contribution in [-0.2, 0) is 16.1 Å². The van der Waals surface area contributed by atoms with Crippen LogP contribution in [0.3, 0.4) is 0 Å². The van der Waals surface area contributed by atoms with E-state index in [1.165, 1.54) is 11.3 Å². The first-order chi connectivity index (χ1) is 10.6. The summed E-state index contributed by atoms with van der Waals surface area (Å²) in [6.07, 6.45) is -0.0735. The zero-order chi connectivity index (χ0) is 16.1. The van der Waals surface area contributed by atoms with Gasteiger partial charge in [0, 0.05) is 6.07 Å². The maximum atomic E-state index is 11.8. The van der Waals surface area contributed by atoms with Crippen molar-refractivity contribution in [3.63, 3.8) is 0 Å². The van der Waals surface area contributed by atoms with Gasteiger partial charge in [0.25, 0.3) is 0 Å². The molecular weight excluding hydrogens is 308 g/mol. The maximum Gasteiger partial charge on any atom is 0.306 e. The van der Waals surface area contributed by atoms with Crippen LogP contribution in [0.1, 0.15) is 36.3 Å². The highest BCUT2D eigenvalue weighted by atomic mass is 32.1. The van der Waals surface area contributed by atoms with Gasteiger partial charge in [-0.15, -0.1) is 0 Å². The SMILES string of the molecule is CCOC(=O)C[C@@H](c1ccsc1)c1oc(CO)cc(=O)c1O. The lowest BCUT2D eigenvalue weighted by atomic mass is 9.94. The molecule has 0 aliphatic carbocycles. The Bertz CT molecular complexity index is 689. The van der Waals surface area contributed by atoms with Crippen LogP contribution in [0.5, 0.6) is 5.75 Å². The number of aliphatic hydroxyl groups is 1. The zero-order valence-corrected chi connectivity index (χ0v) is 12.8. The molecule has 0 aromatic carbocycles. The fraction of sp³-hybridized carbons (Fsp3) is 0.333. The molecule has 2 aromatic heterocycles. The molecule has 6 nitrogen and oxygen atoms in total. The monoisotopic (exact) mass is 324 g/mol. The highest BCUT2D eigenvalue weighted by molar-refractivity contribution is 7.08. The molecule has 2 aromatic rings. The van der Waals surface area contributed by atoms with Crippen molar-refractivity contribution in [2.45, 2.75) is 25.9 Å². The largest absolute Gasteiger partial charge is 0.502 e. The van der Waals surface area contributed by atoms with E-state index in [0.717, 1.165) is 11.6 Å². The summed E-state index contributed by atoms with van der Waals surface area (Å²) in [6, 6.07) is 2.80. The van der Waals surface area contributed by atoms with Gasteiger partial charge in [0.15, 0.2) is 5.76 Å². The standard InChI is InChI=1S/C15H16O6S/c1-2-20-13(18)6-11(9-3-4-22-8-9)15-14(19)12(17)5-10(7-16)21-15/h3-5,8,11,16,19H,2,6-7H2,1H3/t11-/m0/s1. The summed E-state index contributed by atoms with van der Waals surface area (Å²) in [5.74, 6) is -1.68. The third kappa shape index (κ3) is 3.55. The van der Waals surface area contributed by atoms with Crippen molar-refractivity contribution in [1.82, 2.24) is 0 Å². The molecule has 0 unspecified atom stereocenters. The molecule has 2 N–H and O–H groups in total. The predicted molar refractivity (Wildman–Crippen MR) is 80.0 cm³/mol. The van der Waals surface area contributed by atoms with Crippen LogP contribution in [0.4, 0.5) is 0 Å². The summed E-state index contributed by atoms with van der Waals surface area (Å²) >= 11 is 1.42. The number of hydrogen-bond donors (Lipinski definition) is 2. The van der Waals surface area contributed by atoms with Crippen LogP contribution in [0, 0.1) is 0 Å². The fourth-order valence-electron chi connectivity index (χ4n) is 2.09. The topological polar surface area (TPSA) is 97.0 Å². The van der Waals surface area contributed by atoms with Gasteiger partial charge < -0.3 is 19.4 Å². The molecular formula is C15H16O6S. The van der Waals surface area contributed by atoms with Crippen molar-refractivity contribution in [1.29, 1.82) is 0 Å². The number of aliphatic hydroxyl groups excluding tert-OH is 1. The van der Waals surface area contributed by atoms with Crippen LogP contribution in [0.2, 0.25) is 0 Å². The van der Waals surface area contributed by atoms with Gasteiger partial charge in [-0.1, -0.05) is 0 Å². The Morgan fingerprint density at radius 2 is 2.27 bits per heavy atom. The van der Waals surface area contributed by atoms with Gasteiger partial charge in [-0.3, -0.25) is 9.59 Å². The van der Waals surface area contributed by atoms with Crippen molar-refractivity contribution >= 4 is 17.3 Å². The summed E-state index contributed by atoms with van der Waals surface area (Å²) in [5.41, 5.74) is 0.0704. The molecule has 0 saturated heterocycles. The molecule has 0 amide bonds. The minimum Gasteiger partial charge on any atom is -0.502 e. The number of carbonyl (C=O) groups excluding carboxylic acids is 1. The first-order valence-corrected chi connectivity index (χ1v) is 7.65. The van der Waals surface area contributed by atoms with E-state index >= 15 is 0 Å². The second-order valence-corrected chi connectivity index (χ2v) is 5.35. The number of thiophene rings is 1. The van der Waals surface area contributed by atoms with Crippen LogP contribution >= 0.6 is 11.3 Å². The predicted octanol–water partition coefficient (Wildman–Crippen LogP) is 1.98. The van der Waals surface area contributed by atoms with Crippen molar-refractivity contribution in [2.24, 2.45) is 0 Å². The Balaban J connectivity index is 2.47. The Morgan fingerprint density at radius 1 is 1.50 bits per heavy atom. The molecule has 118 valence electrons. The molecule has 22 heavy (non-hydrogen) atoms. The van der Waals surface area contributed by atoms with Gasteiger partial charge in [0.05, 0.1) is 18.9 Å². The third-order valence-electron chi connectivity index (χ3n) is 3.09. The molecule has 0 bridgehead atoms. The molecule has 2 heterocycles. The minimum atomic E-state index is -0.658. The third-order valence-corrected chi connectivity index (χ3v) is 3.80. The zero-order valence-electron chi connectivity index (χ0n) is 11.9. The molecule has 0 aliphatic rings. The Kier molecular flexibility index (Phi) is 5.35. The average molecular weight is 324 g/mol. The highest BCUT2D eigenvalue weighted by Gasteiger charge is 2.26. The van der Waals surface area contributed by atoms with E-state index in [1.54, 1.807) is 18.4 Å². The van der Waals surface area contributed by atoms with Crippen LogP contribution in [-0.4, -0.2) is 22.8 Å². The van der Waals surface area contributed by atoms with Crippen molar-refractivity contribution in [3.8, 4) is 5.75 Å². The molecule has 0 saturated carbocycles. The number of ether oxygens (including phenoxy) is 1. The molecule has 1 atom stereocenters. The number of esters is 1. The first kappa shape index (κ1) is 16.3. The summed E-state index contributed by atoms with van der Waals surface area (Å²) in [6.45, 7) is 1.46. The number of hydrogen-bond acceptors (Lipinski definition) is 7. The first-order valence-electron chi connectivity index (χ1n) is 6.71. The number of carbonyl (C=O) groups is 1. The molecule has 2 rings (SSSR count). The van der Waals surface area contributed by atoms with E-state index < -0.39 is 29.7 Å². The quantitative estimate of drug-likeness (QED) is 0.789. The van der Waals surface area contributed by atoms with Gasteiger partial charge in [-0.25, -0.2) is 0 Å². The molecule has 0 spiro atoms. The molecule has 0 fully saturated rings. The van der Waals surface area contributed by atoms with Gasteiger partial charge in [-0.2, -0.15) is 11.3 Å². The molecule has 7 heteroatoms. The van der Waals surface area contributed by atoms with Gasteiger partial charge in [0.1, 0.15) is 12.4 Å². The molecule has 0 radical (unpaired) electrons. The van der Waals surface area contributed by atoms with Crippen molar-refractivity contribution in [3.05, 3.63) is 50.2 Å². The normalized spacial score (nSPS) is 12.1. The van der Waals surface area contributed by atoms with E-state index in [4.69, 9.17) is 14.3 Å². The lowest BCUT2D eigenvalue weighted by Crippen LogP contribution is -2.14. The maximum absolute atomic E-state index is 11.8. The van der Waals surface area contributed by atoms with Crippen molar-refractivity contribution in [2.75, 3.05) is 6.61 Å². The van der Waals surface area contributed by atoms with Crippen LogP contribution < -0.4 is 5.43 Å². The Hall–Kier alpha value is -2.12. The summed E-state index contributed by atoms with van der Waals surface area (Å²) in [5, 5.41) is 22.8. The summed E-state index contributed by atoms with van der Waals surface area (Å²) in [4.78, 5) is 23.6. The fourth-order valence-corrected chi connectivity index (χ4v) is 2.81. The van der Waals surface area contributed by atoms with Gasteiger partial charge in [-0.05, 0) is 29.3 Å². The lowest BCUT2D eigenvalue weighted by Gasteiger charge is -2.16. The van der Waals surface area contributed by atoms with E-state index in [0.29, 0.717) is 0 Å². The highest BCUT2D eigenvalue weighted by Crippen LogP contribution is 2.34. The minimum absolute atomic E-state index is 0.0295. The van der Waals surface area contributed by atoms with E-state index in [1.807, 2.05) is 5.38 Å². The smallest absolute Gasteiger partial charge is 0.306 e. The molecule has 0 aliphatic heterocycles. The number of rotatable bonds is 6. The van der Waals surface area contributed by atoms with Crippen molar-refractivity contribution < 1.29 is 24.2 Å². The van der Waals surface area contributed by atoms with E-state index in [2.05, 4.69) is 0 Å². The second-order valence-electron chi connectivity index (χ2n) is 4.57. The Morgan fingerprint density at radius 3 is 2.86 bits per heavy atom. The van der Waals surface area contributed by atoms with Crippen LogP contribution in [0.15, 0.2) is 32.1 Å². The summed E-state index contributed by atoms with van der Waals surface area (Å²) < 4.78 is 10.3. The lowest BCUT2D eigenvalue weighted by molar-refractivity contribution is -0.143. The summed E-state index contributed by atoms with van der Waals surface area (Å²) in [7, 11) is 0. The van der Waals surface area contributed by atoms with E-state index in [-0.39, 0.29) is 24.5 Å². The number of aromatic hydroxyl groups is 1. The van der Waals surface area contributed by atoms with Crippen LogP contribution in [0.25, 0.3) is 0 Å². The average Bonchev–Trinajstić information content (AvgIpc) is 3.02.